The van der Waals surface area contributed by atoms with Crippen molar-refractivity contribution in [3.05, 3.63) is 5.82 Å². The first-order valence-corrected chi connectivity index (χ1v) is 6.51. The van der Waals surface area contributed by atoms with Crippen molar-refractivity contribution in [3.63, 3.8) is 0 Å². The van der Waals surface area contributed by atoms with Gasteiger partial charge >= 0.3 is 5.97 Å². The summed E-state index contributed by atoms with van der Waals surface area (Å²) in [4.78, 5) is 15.6. The molecule has 0 aliphatic heterocycles. The molecule has 0 amide bonds. The number of carboxylic acids is 1. The van der Waals surface area contributed by atoms with Crippen LogP contribution in [0.2, 0.25) is 0 Å². The summed E-state index contributed by atoms with van der Waals surface area (Å²) in [6.07, 6.45) is 1.95. The van der Waals surface area contributed by atoms with Crippen molar-refractivity contribution < 1.29 is 9.90 Å². The minimum atomic E-state index is -0.848. The minimum Gasteiger partial charge on any atom is -0.480 e. The van der Waals surface area contributed by atoms with Crippen molar-refractivity contribution >= 4 is 17.7 Å². The molecule has 1 aromatic rings. The van der Waals surface area contributed by atoms with Crippen LogP contribution in [0.5, 0.6) is 0 Å². The lowest BCUT2D eigenvalue weighted by Gasteiger charge is -2.28. The molecule has 1 heterocycles. The van der Waals surface area contributed by atoms with E-state index in [0.29, 0.717) is 10.9 Å². The Hall–Kier alpha value is -1.08. The minimum absolute atomic E-state index is 0.220. The highest BCUT2D eigenvalue weighted by Gasteiger charge is 2.50. The topological polar surface area (TPSA) is 90.9 Å². The fourth-order valence-electron chi connectivity index (χ4n) is 1.88. The highest BCUT2D eigenvalue weighted by atomic mass is 32.2. The summed E-state index contributed by atoms with van der Waals surface area (Å²) in [5, 5.41) is 19.7. The number of nitrogens with one attached hydrogen (secondary N) is 2. The fraction of sp³-hybridized carbons (Fsp3) is 0.700. The summed E-state index contributed by atoms with van der Waals surface area (Å²) < 4.78 is 0. The van der Waals surface area contributed by atoms with Crippen LogP contribution in [0.25, 0.3) is 0 Å². The number of thioether (sulfide) groups is 1. The van der Waals surface area contributed by atoms with Crippen molar-refractivity contribution in [3.8, 4) is 0 Å². The number of hydrogen-bond donors (Lipinski definition) is 3. The molecule has 0 saturated heterocycles. The number of likely N-dealkylation sites (N-methyl/N-ethyl adjacent to an activating group) is 1. The Morgan fingerprint density at radius 3 is 2.82 bits per heavy atom. The average molecular weight is 256 g/mol. The first kappa shape index (κ1) is 12.4. The van der Waals surface area contributed by atoms with Gasteiger partial charge < -0.3 is 10.4 Å². The first-order chi connectivity index (χ1) is 8.08. The molecule has 94 valence electrons. The van der Waals surface area contributed by atoms with E-state index in [4.69, 9.17) is 0 Å². The van der Waals surface area contributed by atoms with Crippen LogP contribution in [-0.4, -0.2) is 44.6 Å². The molecule has 1 aliphatic carbocycles. The molecule has 3 N–H and O–H groups in total. The largest absolute Gasteiger partial charge is 0.480 e. The van der Waals surface area contributed by atoms with E-state index in [9.17, 15) is 9.90 Å². The number of H-pyrrole nitrogens is 1. The zero-order valence-electron chi connectivity index (χ0n) is 9.86. The smallest absolute Gasteiger partial charge is 0.325 e. The molecule has 1 aromatic heterocycles. The van der Waals surface area contributed by atoms with Gasteiger partial charge in [0, 0.05) is 5.75 Å². The second kappa shape index (κ2) is 4.66. The quantitative estimate of drug-likeness (QED) is 0.648. The van der Waals surface area contributed by atoms with Crippen LogP contribution in [0.3, 0.4) is 0 Å². The van der Waals surface area contributed by atoms with Gasteiger partial charge in [-0.3, -0.25) is 9.89 Å². The molecule has 1 atom stereocenters. The number of aliphatic carboxylic acids is 1. The van der Waals surface area contributed by atoms with Crippen LogP contribution in [0.1, 0.15) is 18.7 Å². The molecule has 1 unspecified atom stereocenters. The third-order valence-corrected chi connectivity index (χ3v) is 4.15. The van der Waals surface area contributed by atoms with Gasteiger partial charge in [-0.25, -0.2) is 4.98 Å². The Balaban J connectivity index is 2.05. The number of aromatic amines is 1. The Bertz CT molecular complexity index is 418. The number of nitrogens with zero attached hydrogens (tertiary/aromatic N) is 2. The predicted octanol–water partition coefficient (Wildman–Crippen LogP) is 0.658. The zero-order valence-corrected chi connectivity index (χ0v) is 10.7. The van der Waals surface area contributed by atoms with E-state index in [0.717, 1.165) is 18.7 Å². The first-order valence-electron chi connectivity index (χ1n) is 5.52. The fourth-order valence-corrected chi connectivity index (χ4v) is 3.05. The second-order valence-electron chi connectivity index (χ2n) is 4.29. The molecule has 0 aromatic carbocycles. The van der Waals surface area contributed by atoms with E-state index < -0.39 is 11.5 Å². The number of carboxylic acid groups (broad SMARTS) is 1. The molecular weight excluding hydrogens is 240 g/mol. The number of carbonyl (C=O) groups is 1. The van der Waals surface area contributed by atoms with E-state index in [2.05, 4.69) is 20.5 Å². The third kappa shape index (κ3) is 2.44. The number of aromatic nitrogens is 3. The van der Waals surface area contributed by atoms with Gasteiger partial charge in [0.2, 0.25) is 5.16 Å². The van der Waals surface area contributed by atoms with Gasteiger partial charge in [0.05, 0.1) is 0 Å². The monoisotopic (exact) mass is 256 g/mol. The molecule has 7 heteroatoms. The Morgan fingerprint density at radius 1 is 1.71 bits per heavy atom. The summed E-state index contributed by atoms with van der Waals surface area (Å²) in [7, 11) is 1.70. The summed E-state index contributed by atoms with van der Waals surface area (Å²) in [6, 6.07) is 0. The summed E-state index contributed by atoms with van der Waals surface area (Å²) >= 11 is 1.37. The zero-order chi connectivity index (χ0) is 12.5. The van der Waals surface area contributed by atoms with Gasteiger partial charge in [-0.2, -0.15) is 0 Å². The van der Waals surface area contributed by atoms with Gasteiger partial charge in [-0.1, -0.05) is 11.8 Å². The molecule has 1 aliphatic rings. The lowest BCUT2D eigenvalue weighted by Crippen LogP contribution is -2.54. The van der Waals surface area contributed by atoms with E-state index in [-0.39, 0.29) is 5.92 Å². The normalized spacial score (nSPS) is 18.9. The maximum absolute atomic E-state index is 11.4. The molecule has 0 radical (unpaired) electrons. The van der Waals surface area contributed by atoms with Crippen LogP contribution in [0.15, 0.2) is 5.16 Å². The van der Waals surface area contributed by atoms with Crippen molar-refractivity contribution in [1.29, 1.82) is 0 Å². The van der Waals surface area contributed by atoms with Gasteiger partial charge in [0.1, 0.15) is 11.4 Å². The van der Waals surface area contributed by atoms with Crippen molar-refractivity contribution in [1.82, 2.24) is 20.5 Å². The van der Waals surface area contributed by atoms with Crippen LogP contribution < -0.4 is 5.32 Å². The van der Waals surface area contributed by atoms with E-state index in [1.807, 2.05) is 6.92 Å². The average Bonchev–Trinajstić information content (AvgIpc) is 3.04. The molecular formula is C10H16N4O2S. The SMILES string of the molecule is CNC(CSc1n[nH]c(C)n1)(C(=O)O)C1CC1. The Kier molecular flexibility index (Phi) is 3.39. The lowest BCUT2D eigenvalue weighted by molar-refractivity contribution is -0.144. The molecule has 2 rings (SSSR count). The molecule has 0 spiro atoms. The Labute approximate surface area is 104 Å². The number of rotatable bonds is 6. The van der Waals surface area contributed by atoms with Crippen LogP contribution in [0.4, 0.5) is 0 Å². The van der Waals surface area contributed by atoms with E-state index >= 15 is 0 Å². The van der Waals surface area contributed by atoms with Crippen LogP contribution >= 0.6 is 11.8 Å². The number of aryl methyl sites for hydroxylation is 1. The van der Waals surface area contributed by atoms with Crippen molar-refractivity contribution in [2.24, 2.45) is 5.92 Å². The Morgan fingerprint density at radius 2 is 2.41 bits per heavy atom. The maximum Gasteiger partial charge on any atom is 0.325 e. The molecule has 0 bridgehead atoms. The number of hydrogen-bond acceptors (Lipinski definition) is 5. The molecule has 1 saturated carbocycles. The molecule has 1 fully saturated rings. The molecule has 6 nitrogen and oxygen atoms in total. The third-order valence-electron chi connectivity index (χ3n) is 3.11. The summed E-state index contributed by atoms with van der Waals surface area (Å²) in [6.45, 7) is 1.82. The van der Waals surface area contributed by atoms with Crippen molar-refractivity contribution in [2.45, 2.75) is 30.5 Å². The lowest BCUT2D eigenvalue weighted by atomic mass is 9.96. The van der Waals surface area contributed by atoms with E-state index in [1.165, 1.54) is 11.8 Å². The van der Waals surface area contributed by atoms with Gasteiger partial charge in [-0.15, -0.1) is 5.10 Å². The highest BCUT2D eigenvalue weighted by Crippen LogP contribution is 2.42. The second-order valence-corrected chi connectivity index (χ2v) is 5.24. The van der Waals surface area contributed by atoms with Crippen LogP contribution in [-0.2, 0) is 4.79 Å². The molecule has 17 heavy (non-hydrogen) atoms. The van der Waals surface area contributed by atoms with E-state index in [1.54, 1.807) is 7.05 Å². The standard InChI is InChI=1S/C10H16N4O2S/c1-6-12-9(14-13-6)17-5-10(11-2,8(15)16)7-3-4-7/h7,11H,3-5H2,1-2H3,(H,15,16)(H,12,13,14). The maximum atomic E-state index is 11.4. The van der Waals surface area contributed by atoms with Crippen molar-refractivity contribution in [2.75, 3.05) is 12.8 Å². The van der Waals surface area contributed by atoms with Gasteiger partial charge in [0.15, 0.2) is 0 Å². The van der Waals surface area contributed by atoms with Crippen LogP contribution in [0, 0.1) is 12.8 Å². The van der Waals surface area contributed by atoms with Gasteiger partial charge in [-0.05, 0) is 32.7 Å². The summed E-state index contributed by atoms with van der Waals surface area (Å²) in [5.74, 6) is 0.616. The van der Waals surface area contributed by atoms with Gasteiger partial charge in [0.25, 0.3) is 0 Å². The predicted molar refractivity (Wildman–Crippen MR) is 64.0 cm³/mol. The summed E-state index contributed by atoms with van der Waals surface area (Å²) in [5.41, 5.74) is -0.848. The highest BCUT2D eigenvalue weighted by molar-refractivity contribution is 7.99.